The van der Waals surface area contributed by atoms with Gasteiger partial charge in [-0.1, -0.05) is 0 Å². The smallest absolute Gasteiger partial charge is 0.340 e. The third-order valence-corrected chi connectivity index (χ3v) is 4.46. The number of carbonyl (C=O) groups is 1. The van der Waals surface area contributed by atoms with Crippen LogP contribution in [0.1, 0.15) is 29.5 Å². The standard InChI is InChI=1S/C17H19NO4/c1-10-12-5-6-14(19)11(2)16(12)22-17(21)13(10)9-15(20)18-7-3-4-8-18/h5-6,19H,3-4,7-9H2,1-2H3. The minimum atomic E-state index is -0.494. The van der Waals surface area contributed by atoms with E-state index in [1.807, 2.05) is 6.92 Å². The average molecular weight is 301 g/mol. The molecule has 116 valence electrons. The van der Waals surface area contributed by atoms with E-state index in [1.54, 1.807) is 24.0 Å². The molecule has 0 bridgehead atoms. The molecule has 2 aromatic rings. The summed E-state index contributed by atoms with van der Waals surface area (Å²) in [5, 5.41) is 10.5. The summed E-state index contributed by atoms with van der Waals surface area (Å²) in [4.78, 5) is 26.3. The third-order valence-electron chi connectivity index (χ3n) is 4.46. The first kappa shape index (κ1) is 14.6. The van der Waals surface area contributed by atoms with Gasteiger partial charge in [0.15, 0.2) is 0 Å². The molecule has 0 saturated carbocycles. The number of aromatic hydroxyl groups is 1. The number of nitrogens with zero attached hydrogens (tertiary/aromatic N) is 1. The third kappa shape index (κ3) is 2.36. The van der Waals surface area contributed by atoms with Crippen LogP contribution in [0.5, 0.6) is 5.75 Å². The summed E-state index contributed by atoms with van der Waals surface area (Å²) in [6.45, 7) is 5.06. The number of likely N-dealkylation sites (tertiary alicyclic amines) is 1. The lowest BCUT2D eigenvalue weighted by molar-refractivity contribution is -0.129. The van der Waals surface area contributed by atoms with Crippen LogP contribution in [0.2, 0.25) is 0 Å². The molecule has 1 aromatic heterocycles. The highest BCUT2D eigenvalue weighted by Gasteiger charge is 2.22. The number of fused-ring (bicyclic) bond motifs is 1. The van der Waals surface area contributed by atoms with Gasteiger partial charge in [0.05, 0.1) is 12.0 Å². The Kier molecular flexibility index (Phi) is 3.64. The fraction of sp³-hybridized carbons (Fsp3) is 0.412. The van der Waals surface area contributed by atoms with Gasteiger partial charge in [0.1, 0.15) is 11.3 Å². The summed E-state index contributed by atoms with van der Waals surface area (Å²) in [6.07, 6.45) is 2.12. The van der Waals surface area contributed by atoms with E-state index < -0.39 is 5.63 Å². The van der Waals surface area contributed by atoms with Crippen molar-refractivity contribution in [1.82, 2.24) is 4.90 Å². The number of phenolic OH excluding ortho intramolecular Hbond substituents is 1. The quantitative estimate of drug-likeness (QED) is 0.864. The highest BCUT2D eigenvalue weighted by Crippen LogP contribution is 2.28. The molecule has 5 heteroatoms. The molecule has 2 heterocycles. The van der Waals surface area contributed by atoms with Gasteiger partial charge in [-0.2, -0.15) is 0 Å². The second kappa shape index (κ2) is 5.48. The summed E-state index contributed by atoms with van der Waals surface area (Å²) in [5.74, 6) is 0.0682. The molecule has 0 aliphatic carbocycles. The molecular formula is C17H19NO4. The first-order chi connectivity index (χ1) is 10.5. The van der Waals surface area contributed by atoms with Gasteiger partial charge in [-0.15, -0.1) is 0 Å². The van der Waals surface area contributed by atoms with Crippen LogP contribution < -0.4 is 5.63 Å². The van der Waals surface area contributed by atoms with Gasteiger partial charge in [-0.05, 0) is 44.4 Å². The molecule has 0 spiro atoms. The topological polar surface area (TPSA) is 70.8 Å². The zero-order chi connectivity index (χ0) is 15.9. The van der Waals surface area contributed by atoms with E-state index >= 15 is 0 Å². The van der Waals surface area contributed by atoms with Gasteiger partial charge >= 0.3 is 5.63 Å². The van der Waals surface area contributed by atoms with E-state index in [0.717, 1.165) is 36.9 Å². The van der Waals surface area contributed by atoms with Crippen LogP contribution in [0.15, 0.2) is 21.3 Å². The lowest BCUT2D eigenvalue weighted by atomic mass is 10.0. The minimum Gasteiger partial charge on any atom is -0.508 e. The summed E-state index contributed by atoms with van der Waals surface area (Å²) in [7, 11) is 0. The van der Waals surface area contributed by atoms with Crippen LogP contribution in [0, 0.1) is 13.8 Å². The molecule has 1 saturated heterocycles. The number of rotatable bonds is 2. The van der Waals surface area contributed by atoms with Gasteiger partial charge in [0, 0.05) is 24.0 Å². The maximum Gasteiger partial charge on any atom is 0.340 e. The van der Waals surface area contributed by atoms with Gasteiger partial charge in [0.2, 0.25) is 5.91 Å². The fourth-order valence-corrected chi connectivity index (χ4v) is 3.01. The second-order valence-electron chi connectivity index (χ2n) is 5.84. The van der Waals surface area contributed by atoms with Crippen molar-refractivity contribution in [3.8, 4) is 5.75 Å². The Balaban J connectivity index is 2.05. The molecule has 5 nitrogen and oxygen atoms in total. The molecule has 0 radical (unpaired) electrons. The minimum absolute atomic E-state index is 0.0252. The van der Waals surface area contributed by atoms with E-state index in [-0.39, 0.29) is 18.1 Å². The summed E-state index contributed by atoms with van der Waals surface area (Å²) in [5.41, 5.74) is 1.60. The Labute approximate surface area is 128 Å². The van der Waals surface area contributed by atoms with Crippen LogP contribution in [-0.2, 0) is 11.2 Å². The zero-order valence-corrected chi connectivity index (χ0v) is 12.8. The molecular weight excluding hydrogens is 282 g/mol. The van der Waals surface area contributed by atoms with Crippen molar-refractivity contribution in [3.05, 3.63) is 39.2 Å². The SMILES string of the molecule is Cc1c(CC(=O)N2CCCC2)c(=O)oc2c(C)c(O)ccc12. The zero-order valence-electron chi connectivity index (χ0n) is 12.8. The van der Waals surface area contributed by atoms with Crippen LogP contribution >= 0.6 is 0 Å². The fourth-order valence-electron chi connectivity index (χ4n) is 3.01. The van der Waals surface area contributed by atoms with E-state index in [4.69, 9.17) is 4.42 Å². The summed E-state index contributed by atoms with van der Waals surface area (Å²) >= 11 is 0. The Morgan fingerprint density at radius 3 is 2.59 bits per heavy atom. The maximum atomic E-state index is 12.3. The molecule has 1 amide bonds. The maximum absolute atomic E-state index is 12.3. The highest BCUT2D eigenvalue weighted by atomic mass is 16.4. The first-order valence-electron chi connectivity index (χ1n) is 7.51. The van der Waals surface area contributed by atoms with Crippen LogP contribution in [0.4, 0.5) is 0 Å². The molecule has 0 atom stereocenters. The van der Waals surface area contributed by atoms with Gasteiger partial charge in [-0.3, -0.25) is 4.79 Å². The molecule has 1 aromatic carbocycles. The second-order valence-corrected chi connectivity index (χ2v) is 5.84. The van der Waals surface area contributed by atoms with Crippen LogP contribution in [0.3, 0.4) is 0 Å². The lowest BCUT2D eigenvalue weighted by Gasteiger charge is -2.16. The number of benzene rings is 1. The predicted octanol–water partition coefficient (Wildman–Crippen LogP) is 2.28. The summed E-state index contributed by atoms with van der Waals surface area (Å²) in [6, 6.07) is 3.30. The van der Waals surface area contributed by atoms with E-state index in [1.165, 1.54) is 0 Å². The van der Waals surface area contributed by atoms with Crippen LogP contribution in [0.25, 0.3) is 11.0 Å². The number of hydrogen-bond donors (Lipinski definition) is 1. The molecule has 1 aliphatic heterocycles. The van der Waals surface area contributed by atoms with Crippen molar-refractivity contribution in [3.63, 3.8) is 0 Å². The van der Waals surface area contributed by atoms with E-state index in [0.29, 0.717) is 16.7 Å². The average Bonchev–Trinajstić information content (AvgIpc) is 3.02. The number of hydrogen-bond acceptors (Lipinski definition) is 4. The Bertz CT molecular complexity index is 800. The van der Waals surface area contributed by atoms with Crippen LogP contribution in [-0.4, -0.2) is 29.0 Å². The van der Waals surface area contributed by atoms with E-state index in [2.05, 4.69) is 0 Å². The molecule has 1 fully saturated rings. The van der Waals surface area contributed by atoms with Crippen molar-refractivity contribution in [2.75, 3.05) is 13.1 Å². The molecule has 1 aliphatic rings. The number of phenols is 1. The predicted molar refractivity (Wildman–Crippen MR) is 83.1 cm³/mol. The molecule has 0 unspecified atom stereocenters. The largest absolute Gasteiger partial charge is 0.508 e. The monoisotopic (exact) mass is 301 g/mol. The van der Waals surface area contributed by atoms with Crippen molar-refractivity contribution in [1.29, 1.82) is 0 Å². The van der Waals surface area contributed by atoms with E-state index in [9.17, 15) is 14.7 Å². The normalized spacial score (nSPS) is 14.7. The van der Waals surface area contributed by atoms with Crippen molar-refractivity contribution < 1.29 is 14.3 Å². The molecule has 1 N–H and O–H groups in total. The number of aryl methyl sites for hydroxylation is 2. The lowest BCUT2D eigenvalue weighted by Crippen LogP contribution is -2.31. The van der Waals surface area contributed by atoms with Crippen molar-refractivity contribution in [2.24, 2.45) is 0 Å². The molecule has 22 heavy (non-hydrogen) atoms. The van der Waals surface area contributed by atoms with Gasteiger partial charge in [-0.25, -0.2) is 4.79 Å². The number of carbonyl (C=O) groups excluding carboxylic acids is 1. The van der Waals surface area contributed by atoms with Gasteiger partial charge in [0.25, 0.3) is 0 Å². The Hall–Kier alpha value is -2.30. The van der Waals surface area contributed by atoms with Gasteiger partial charge < -0.3 is 14.4 Å². The Morgan fingerprint density at radius 2 is 1.91 bits per heavy atom. The molecule has 3 rings (SSSR count). The summed E-state index contributed by atoms with van der Waals surface area (Å²) < 4.78 is 5.36. The Morgan fingerprint density at radius 1 is 1.23 bits per heavy atom. The first-order valence-corrected chi connectivity index (χ1v) is 7.51. The highest BCUT2D eigenvalue weighted by molar-refractivity contribution is 5.87. The number of amides is 1. The van der Waals surface area contributed by atoms with Crippen molar-refractivity contribution in [2.45, 2.75) is 33.1 Å². The van der Waals surface area contributed by atoms with Crippen molar-refractivity contribution >= 4 is 16.9 Å².